The molecule has 3 heterocycles. The van der Waals surface area contributed by atoms with Gasteiger partial charge in [0.2, 0.25) is 11.8 Å². The number of carbonyl (C=O) groups is 2. The topological polar surface area (TPSA) is 80.3 Å². The Labute approximate surface area is 177 Å². The Morgan fingerprint density at radius 3 is 2.67 bits per heavy atom. The molecule has 2 amide bonds. The molecule has 8 nitrogen and oxygen atoms in total. The lowest BCUT2D eigenvalue weighted by molar-refractivity contribution is -0.125. The maximum atomic E-state index is 12.7. The lowest BCUT2D eigenvalue weighted by atomic mass is 9.96. The van der Waals surface area contributed by atoms with Crippen molar-refractivity contribution in [3.05, 3.63) is 24.3 Å². The number of hydrogen-bond donors (Lipinski definition) is 1. The average molecular weight is 418 g/mol. The molecule has 1 aromatic carbocycles. The van der Waals surface area contributed by atoms with E-state index in [0.29, 0.717) is 31.4 Å². The molecule has 8 heteroatoms. The van der Waals surface area contributed by atoms with Gasteiger partial charge >= 0.3 is 0 Å². The Morgan fingerprint density at radius 2 is 1.87 bits per heavy atom. The molecule has 4 rings (SSSR count). The summed E-state index contributed by atoms with van der Waals surface area (Å²) in [5.41, 5.74) is 0.780. The van der Waals surface area contributed by atoms with Crippen molar-refractivity contribution in [2.75, 3.05) is 64.1 Å². The van der Waals surface area contributed by atoms with Crippen LogP contribution in [0, 0.1) is 5.92 Å². The quantitative estimate of drug-likeness (QED) is 0.714. The molecule has 0 bridgehead atoms. The van der Waals surface area contributed by atoms with Gasteiger partial charge in [0, 0.05) is 51.0 Å². The summed E-state index contributed by atoms with van der Waals surface area (Å²) in [5, 5.41) is 3.06. The summed E-state index contributed by atoms with van der Waals surface area (Å²) in [6, 6.07) is 7.77. The van der Waals surface area contributed by atoms with Gasteiger partial charge in [-0.15, -0.1) is 0 Å². The van der Waals surface area contributed by atoms with E-state index in [2.05, 4.69) is 10.2 Å². The summed E-state index contributed by atoms with van der Waals surface area (Å²) in [5.74, 6) is 1.01. The molecule has 1 N–H and O–H groups in total. The predicted octanol–water partition coefficient (Wildman–Crippen LogP) is 1.05. The van der Waals surface area contributed by atoms with Gasteiger partial charge in [0.25, 0.3) is 0 Å². The van der Waals surface area contributed by atoms with Gasteiger partial charge in [-0.1, -0.05) is 12.1 Å². The second-order valence-electron chi connectivity index (χ2n) is 8.00. The second kappa shape index (κ2) is 10.2. The fraction of sp³-hybridized carbons (Fsp3) is 0.636. The molecule has 0 spiro atoms. The molecule has 2 fully saturated rings. The van der Waals surface area contributed by atoms with Gasteiger partial charge in [0.1, 0.15) is 12.4 Å². The van der Waals surface area contributed by atoms with E-state index in [-0.39, 0.29) is 30.7 Å². The minimum Gasteiger partial charge on any atom is -0.490 e. The highest BCUT2D eigenvalue weighted by Gasteiger charge is 2.32. The molecule has 3 aliphatic rings. The molecule has 2 saturated heterocycles. The van der Waals surface area contributed by atoms with Crippen LogP contribution in [-0.2, 0) is 19.1 Å². The van der Waals surface area contributed by atoms with Gasteiger partial charge in [-0.05, 0) is 18.6 Å². The van der Waals surface area contributed by atoms with E-state index in [4.69, 9.17) is 14.2 Å². The van der Waals surface area contributed by atoms with Crippen LogP contribution in [0.5, 0.6) is 5.75 Å². The van der Waals surface area contributed by atoms with E-state index in [1.54, 1.807) is 4.90 Å². The summed E-state index contributed by atoms with van der Waals surface area (Å²) in [6.45, 7) is 6.32. The van der Waals surface area contributed by atoms with Crippen LogP contribution in [0.2, 0.25) is 0 Å². The predicted molar refractivity (Wildman–Crippen MR) is 112 cm³/mol. The van der Waals surface area contributed by atoms with Crippen LogP contribution < -0.4 is 15.0 Å². The zero-order valence-corrected chi connectivity index (χ0v) is 17.4. The zero-order valence-electron chi connectivity index (χ0n) is 17.4. The van der Waals surface area contributed by atoms with E-state index in [1.165, 1.54) is 0 Å². The number of fused-ring (bicyclic) bond motifs is 1. The third-order valence-corrected chi connectivity index (χ3v) is 6.13. The van der Waals surface area contributed by atoms with Gasteiger partial charge in [0.15, 0.2) is 0 Å². The highest BCUT2D eigenvalue weighted by atomic mass is 16.5. The van der Waals surface area contributed by atoms with Gasteiger partial charge in [0.05, 0.1) is 32.1 Å². The highest BCUT2D eigenvalue weighted by molar-refractivity contribution is 5.97. The summed E-state index contributed by atoms with van der Waals surface area (Å²) in [7, 11) is 0. The second-order valence-corrected chi connectivity index (χ2v) is 8.00. The van der Waals surface area contributed by atoms with Crippen LogP contribution in [0.15, 0.2) is 24.3 Å². The highest BCUT2D eigenvalue weighted by Crippen LogP contribution is 2.31. The first kappa shape index (κ1) is 21.1. The minimum absolute atomic E-state index is 0.0465. The monoisotopic (exact) mass is 417 g/mol. The van der Waals surface area contributed by atoms with E-state index in [1.807, 2.05) is 24.3 Å². The third-order valence-electron chi connectivity index (χ3n) is 6.13. The first-order valence-electron chi connectivity index (χ1n) is 10.9. The Hall–Kier alpha value is -2.16. The zero-order chi connectivity index (χ0) is 20.8. The van der Waals surface area contributed by atoms with Crippen molar-refractivity contribution in [2.24, 2.45) is 5.92 Å². The molecular weight excluding hydrogens is 386 g/mol. The summed E-state index contributed by atoms with van der Waals surface area (Å²) in [6.07, 6.45) is 1.40. The molecule has 1 aromatic rings. The number of anilines is 1. The molecule has 0 aromatic heterocycles. The van der Waals surface area contributed by atoms with Gasteiger partial charge < -0.3 is 24.4 Å². The SMILES string of the molecule is O=C(CCC(=O)N1CCOc2ccccc21)NCC(C1CCOC1)N1CCOCC1. The molecule has 0 radical (unpaired) electrons. The first-order valence-corrected chi connectivity index (χ1v) is 10.9. The number of nitrogens with one attached hydrogen (secondary N) is 1. The number of benzene rings is 1. The maximum Gasteiger partial charge on any atom is 0.227 e. The van der Waals surface area contributed by atoms with Gasteiger partial charge in [-0.25, -0.2) is 0 Å². The Balaban J connectivity index is 1.27. The van der Waals surface area contributed by atoms with Crippen molar-refractivity contribution in [2.45, 2.75) is 25.3 Å². The van der Waals surface area contributed by atoms with Crippen LogP contribution in [0.4, 0.5) is 5.69 Å². The lowest BCUT2D eigenvalue weighted by Gasteiger charge is -2.37. The fourth-order valence-electron chi connectivity index (χ4n) is 4.45. The van der Waals surface area contributed by atoms with Crippen molar-refractivity contribution in [1.29, 1.82) is 0 Å². The number of nitrogens with zero attached hydrogens (tertiary/aromatic N) is 2. The van der Waals surface area contributed by atoms with E-state index in [9.17, 15) is 9.59 Å². The Kier molecular flexibility index (Phi) is 7.20. The molecule has 2 unspecified atom stereocenters. The summed E-state index contributed by atoms with van der Waals surface area (Å²) >= 11 is 0. The van der Waals surface area contributed by atoms with Crippen LogP contribution in [-0.4, -0.2) is 82.0 Å². The van der Waals surface area contributed by atoms with Crippen molar-refractivity contribution in [1.82, 2.24) is 10.2 Å². The maximum absolute atomic E-state index is 12.7. The molecule has 0 saturated carbocycles. The van der Waals surface area contributed by atoms with E-state index in [0.717, 1.165) is 51.6 Å². The molecule has 164 valence electrons. The summed E-state index contributed by atoms with van der Waals surface area (Å²) < 4.78 is 16.7. The number of hydrogen-bond acceptors (Lipinski definition) is 6. The Morgan fingerprint density at radius 1 is 1.03 bits per heavy atom. The largest absolute Gasteiger partial charge is 0.490 e. The van der Waals surface area contributed by atoms with Crippen molar-refractivity contribution in [3.8, 4) is 5.75 Å². The number of morpholine rings is 1. The van der Waals surface area contributed by atoms with Crippen LogP contribution in [0.1, 0.15) is 19.3 Å². The van der Waals surface area contributed by atoms with Crippen molar-refractivity contribution < 1.29 is 23.8 Å². The average Bonchev–Trinajstić information content (AvgIpc) is 3.32. The number of rotatable bonds is 7. The van der Waals surface area contributed by atoms with Crippen molar-refractivity contribution in [3.63, 3.8) is 0 Å². The number of para-hydroxylation sites is 2. The number of carbonyl (C=O) groups excluding carboxylic acids is 2. The van der Waals surface area contributed by atoms with Crippen molar-refractivity contribution >= 4 is 17.5 Å². The number of ether oxygens (including phenoxy) is 3. The molecular formula is C22H31N3O5. The normalized spacial score (nSPS) is 22.8. The first-order chi connectivity index (χ1) is 14.7. The van der Waals surface area contributed by atoms with Gasteiger partial charge in [-0.2, -0.15) is 0 Å². The number of amides is 2. The molecule has 0 aliphatic carbocycles. The molecule has 3 aliphatic heterocycles. The van der Waals surface area contributed by atoms with Crippen LogP contribution in [0.25, 0.3) is 0 Å². The Bertz CT molecular complexity index is 731. The minimum atomic E-state index is -0.0814. The fourth-order valence-corrected chi connectivity index (χ4v) is 4.45. The van der Waals surface area contributed by atoms with Gasteiger partial charge in [-0.3, -0.25) is 14.5 Å². The smallest absolute Gasteiger partial charge is 0.227 e. The summed E-state index contributed by atoms with van der Waals surface area (Å²) in [4.78, 5) is 29.3. The lowest BCUT2D eigenvalue weighted by Crippen LogP contribution is -2.52. The van der Waals surface area contributed by atoms with E-state index < -0.39 is 0 Å². The van der Waals surface area contributed by atoms with Crippen LogP contribution >= 0.6 is 0 Å². The standard InChI is InChI=1S/C22H31N3O5/c26-21(5-6-22(27)25-10-14-30-20-4-2-1-3-18(20)25)23-15-19(17-7-11-29-16-17)24-8-12-28-13-9-24/h1-4,17,19H,5-16H2,(H,23,26). The molecule has 30 heavy (non-hydrogen) atoms. The molecule has 2 atom stereocenters. The van der Waals surface area contributed by atoms with Crippen LogP contribution in [0.3, 0.4) is 0 Å². The third kappa shape index (κ3) is 5.11. The van der Waals surface area contributed by atoms with E-state index >= 15 is 0 Å².